The molecule has 1 heterocycles. The predicted octanol–water partition coefficient (Wildman–Crippen LogP) is 4.54. The van der Waals surface area contributed by atoms with Crippen LogP contribution in [0.25, 0.3) is 0 Å². The van der Waals surface area contributed by atoms with Gasteiger partial charge >= 0.3 is 6.18 Å². The fraction of sp³-hybridized carbons (Fsp3) is 0.375. The van der Waals surface area contributed by atoms with Gasteiger partial charge in [0.05, 0.1) is 14.8 Å². The number of aromatic nitrogens is 1. The summed E-state index contributed by atoms with van der Waals surface area (Å²) in [5, 5.41) is -0.00722. The molecule has 1 rings (SSSR count). The maximum absolute atomic E-state index is 12.5. The van der Waals surface area contributed by atoms with Gasteiger partial charge in [-0.3, -0.25) is 0 Å². The van der Waals surface area contributed by atoms with E-state index in [4.69, 9.17) is 0 Å². The van der Waals surface area contributed by atoms with E-state index in [1.807, 2.05) is 0 Å². The summed E-state index contributed by atoms with van der Waals surface area (Å²) in [4.78, 5) is 3.46. The molecule has 0 amide bonds. The summed E-state index contributed by atoms with van der Waals surface area (Å²) in [5.41, 5.74) is -1.97. The Morgan fingerprint density at radius 2 is 1.94 bits per heavy atom. The van der Waals surface area contributed by atoms with E-state index in [1.165, 1.54) is 22.6 Å². The van der Waals surface area contributed by atoms with Crippen LogP contribution in [0, 0.1) is 3.57 Å². The highest BCUT2D eigenvalue weighted by Crippen LogP contribution is 2.36. The van der Waals surface area contributed by atoms with E-state index in [-0.39, 0.29) is 11.0 Å². The fourth-order valence-corrected chi connectivity index (χ4v) is 2.13. The third-order valence-corrected chi connectivity index (χ3v) is 3.39. The summed E-state index contributed by atoms with van der Waals surface area (Å²) in [6.07, 6.45) is -7.67. The van der Waals surface area contributed by atoms with Gasteiger partial charge in [0.25, 0.3) is 6.43 Å². The number of halogens is 7. The Kier molecular flexibility index (Phi) is 4.49. The summed E-state index contributed by atoms with van der Waals surface area (Å²) >= 11 is 4.13. The second-order valence-electron chi connectivity index (χ2n) is 2.79. The van der Waals surface area contributed by atoms with Crippen molar-refractivity contribution in [3.05, 3.63) is 26.6 Å². The molecular formula is C8H4BrF5IN. The third kappa shape index (κ3) is 3.02. The molecule has 0 bridgehead atoms. The second-order valence-corrected chi connectivity index (χ2v) is 4.43. The second kappa shape index (κ2) is 5.11. The molecule has 0 radical (unpaired) electrons. The lowest BCUT2D eigenvalue weighted by molar-refractivity contribution is -0.138. The van der Waals surface area contributed by atoms with E-state index in [9.17, 15) is 22.0 Å². The van der Waals surface area contributed by atoms with Gasteiger partial charge in [-0.25, -0.2) is 13.8 Å². The SMILES string of the molecule is FC(F)c1nc(CBr)cc(C(F)(F)F)c1I. The van der Waals surface area contributed by atoms with Crippen molar-refractivity contribution in [2.75, 3.05) is 0 Å². The average Bonchev–Trinajstić information content (AvgIpc) is 2.15. The smallest absolute Gasteiger partial charge is 0.250 e. The molecule has 0 saturated carbocycles. The predicted molar refractivity (Wildman–Crippen MR) is 59.5 cm³/mol. The van der Waals surface area contributed by atoms with Gasteiger partial charge in [-0.15, -0.1) is 0 Å². The van der Waals surface area contributed by atoms with Crippen LogP contribution in [0.2, 0.25) is 0 Å². The molecule has 1 nitrogen and oxygen atoms in total. The van der Waals surface area contributed by atoms with E-state index in [2.05, 4.69) is 20.9 Å². The lowest BCUT2D eigenvalue weighted by Gasteiger charge is -2.13. The van der Waals surface area contributed by atoms with E-state index < -0.39 is 27.4 Å². The molecule has 1 aromatic rings. The summed E-state index contributed by atoms with van der Waals surface area (Å²) in [7, 11) is 0. The molecule has 0 spiro atoms. The highest BCUT2D eigenvalue weighted by Gasteiger charge is 2.36. The molecular weight excluding hydrogens is 412 g/mol. The van der Waals surface area contributed by atoms with Crippen LogP contribution in [0.15, 0.2) is 6.07 Å². The van der Waals surface area contributed by atoms with Crippen molar-refractivity contribution < 1.29 is 22.0 Å². The molecule has 16 heavy (non-hydrogen) atoms. The van der Waals surface area contributed by atoms with E-state index >= 15 is 0 Å². The molecule has 0 unspecified atom stereocenters. The number of nitrogens with zero attached hydrogens (tertiary/aromatic N) is 1. The first kappa shape index (κ1) is 14.1. The van der Waals surface area contributed by atoms with Crippen LogP contribution >= 0.6 is 38.5 Å². The molecule has 0 fully saturated rings. The average molecular weight is 416 g/mol. The van der Waals surface area contributed by atoms with Crippen molar-refractivity contribution in [1.82, 2.24) is 4.98 Å². The van der Waals surface area contributed by atoms with Crippen LogP contribution in [-0.2, 0) is 11.5 Å². The lowest BCUT2D eigenvalue weighted by Crippen LogP contribution is -2.12. The summed E-state index contributed by atoms with van der Waals surface area (Å²) in [6.45, 7) is 0. The first-order valence-corrected chi connectivity index (χ1v) is 6.08. The van der Waals surface area contributed by atoms with Crippen molar-refractivity contribution in [3.8, 4) is 0 Å². The Morgan fingerprint density at radius 1 is 1.38 bits per heavy atom. The summed E-state index contributed by atoms with van der Waals surface area (Å²) in [6, 6.07) is 0.766. The number of alkyl halides is 6. The molecule has 8 heteroatoms. The van der Waals surface area contributed by atoms with Crippen LogP contribution in [0.5, 0.6) is 0 Å². The number of hydrogen-bond donors (Lipinski definition) is 0. The van der Waals surface area contributed by atoms with E-state index in [0.717, 1.165) is 6.07 Å². The maximum atomic E-state index is 12.5. The van der Waals surface area contributed by atoms with Gasteiger partial charge in [0.15, 0.2) is 0 Å². The standard InChI is InChI=1S/C8H4BrF5IN/c9-2-3-1-4(8(12,13)14)5(15)6(16-3)7(10)11/h1,7H,2H2. The van der Waals surface area contributed by atoms with Gasteiger partial charge in [0.2, 0.25) is 0 Å². The van der Waals surface area contributed by atoms with Crippen LogP contribution in [0.1, 0.15) is 23.4 Å². The van der Waals surface area contributed by atoms with Gasteiger partial charge in [-0.05, 0) is 28.7 Å². The van der Waals surface area contributed by atoms with Crippen LogP contribution in [-0.4, -0.2) is 4.98 Å². The number of hydrogen-bond acceptors (Lipinski definition) is 1. The molecule has 0 atom stereocenters. The molecule has 0 saturated heterocycles. The summed E-state index contributed by atoms with van der Waals surface area (Å²) < 4.78 is 61.9. The number of pyridine rings is 1. The van der Waals surface area contributed by atoms with Gasteiger partial charge in [-0.2, -0.15) is 13.2 Å². The van der Waals surface area contributed by atoms with Crippen molar-refractivity contribution in [3.63, 3.8) is 0 Å². The highest BCUT2D eigenvalue weighted by molar-refractivity contribution is 14.1. The minimum atomic E-state index is -4.65. The Balaban J connectivity index is 3.44. The zero-order chi connectivity index (χ0) is 12.5. The molecule has 90 valence electrons. The molecule has 1 aromatic heterocycles. The van der Waals surface area contributed by atoms with Crippen LogP contribution < -0.4 is 0 Å². The van der Waals surface area contributed by atoms with E-state index in [0.29, 0.717) is 0 Å². The molecule has 0 aliphatic carbocycles. The van der Waals surface area contributed by atoms with Crippen LogP contribution in [0.4, 0.5) is 22.0 Å². The maximum Gasteiger partial charge on any atom is 0.417 e. The third-order valence-electron chi connectivity index (χ3n) is 1.69. The van der Waals surface area contributed by atoms with Gasteiger partial charge in [-0.1, -0.05) is 15.9 Å². The van der Waals surface area contributed by atoms with Gasteiger partial charge in [0.1, 0.15) is 5.69 Å². The Labute approximate surface area is 110 Å². The van der Waals surface area contributed by atoms with Crippen molar-refractivity contribution in [2.24, 2.45) is 0 Å². The largest absolute Gasteiger partial charge is 0.417 e. The zero-order valence-electron chi connectivity index (χ0n) is 7.45. The quantitative estimate of drug-likeness (QED) is 0.392. The Hall–Kier alpha value is 0.01000. The number of rotatable bonds is 2. The molecule has 0 aliphatic rings. The lowest BCUT2D eigenvalue weighted by atomic mass is 10.2. The van der Waals surface area contributed by atoms with E-state index in [1.54, 1.807) is 0 Å². The molecule has 0 N–H and O–H groups in total. The first-order valence-electron chi connectivity index (χ1n) is 3.88. The van der Waals surface area contributed by atoms with Crippen molar-refractivity contribution in [1.29, 1.82) is 0 Å². The van der Waals surface area contributed by atoms with Gasteiger partial charge in [0, 0.05) is 5.33 Å². The zero-order valence-corrected chi connectivity index (χ0v) is 11.2. The van der Waals surface area contributed by atoms with Crippen molar-refractivity contribution in [2.45, 2.75) is 17.9 Å². The minimum absolute atomic E-state index is 0.00722. The summed E-state index contributed by atoms with van der Waals surface area (Å²) in [5.74, 6) is 0. The van der Waals surface area contributed by atoms with Gasteiger partial charge < -0.3 is 0 Å². The normalized spacial score (nSPS) is 12.2. The van der Waals surface area contributed by atoms with Crippen LogP contribution in [0.3, 0.4) is 0 Å². The minimum Gasteiger partial charge on any atom is -0.250 e. The Morgan fingerprint density at radius 3 is 2.31 bits per heavy atom. The molecule has 0 aromatic carbocycles. The van der Waals surface area contributed by atoms with Crippen molar-refractivity contribution >= 4 is 38.5 Å². The first-order chi connectivity index (χ1) is 7.27. The topological polar surface area (TPSA) is 12.9 Å². The fourth-order valence-electron chi connectivity index (χ4n) is 1.02. The molecule has 0 aliphatic heterocycles. The Bertz CT molecular complexity index is 393. The monoisotopic (exact) mass is 415 g/mol. The highest BCUT2D eigenvalue weighted by atomic mass is 127.